The average molecular weight is 298 g/mol. The molecular formula is C13H18N2O4S. The third-order valence-corrected chi connectivity index (χ3v) is 5.29. The van der Waals surface area contributed by atoms with E-state index in [1.54, 1.807) is 4.90 Å². The van der Waals surface area contributed by atoms with E-state index >= 15 is 0 Å². The molecule has 0 saturated carbocycles. The fraction of sp³-hybridized carbons (Fsp3) is 0.462. The molecule has 2 rings (SSSR count). The van der Waals surface area contributed by atoms with E-state index < -0.39 is 10.0 Å². The lowest BCUT2D eigenvalue weighted by Crippen LogP contribution is -2.36. The maximum absolute atomic E-state index is 12.5. The van der Waals surface area contributed by atoms with Gasteiger partial charge in [0.25, 0.3) is 0 Å². The number of amides is 1. The van der Waals surface area contributed by atoms with E-state index in [-0.39, 0.29) is 16.6 Å². The van der Waals surface area contributed by atoms with Crippen LogP contribution in [0.3, 0.4) is 0 Å². The third kappa shape index (κ3) is 3.10. The van der Waals surface area contributed by atoms with Crippen LogP contribution in [0.5, 0.6) is 5.75 Å². The molecule has 0 aliphatic carbocycles. The average Bonchev–Trinajstić information content (AvgIpc) is 2.65. The van der Waals surface area contributed by atoms with Crippen LogP contribution in [0.15, 0.2) is 29.2 Å². The van der Waals surface area contributed by atoms with Crippen LogP contribution in [0.1, 0.15) is 13.3 Å². The number of hydrogen-bond donors (Lipinski definition) is 1. The van der Waals surface area contributed by atoms with E-state index in [4.69, 9.17) is 0 Å². The van der Waals surface area contributed by atoms with Crippen molar-refractivity contribution in [1.82, 2.24) is 9.21 Å². The van der Waals surface area contributed by atoms with Gasteiger partial charge in [0, 0.05) is 33.1 Å². The van der Waals surface area contributed by atoms with Gasteiger partial charge in [0.1, 0.15) is 5.75 Å². The summed E-state index contributed by atoms with van der Waals surface area (Å²) in [5.74, 6) is -0.00328. The van der Waals surface area contributed by atoms with Crippen LogP contribution >= 0.6 is 0 Å². The molecule has 1 saturated heterocycles. The minimum Gasteiger partial charge on any atom is -0.508 e. The molecule has 20 heavy (non-hydrogen) atoms. The van der Waals surface area contributed by atoms with Crippen molar-refractivity contribution < 1.29 is 18.3 Å². The van der Waals surface area contributed by atoms with Crippen molar-refractivity contribution in [2.24, 2.45) is 0 Å². The monoisotopic (exact) mass is 298 g/mol. The summed E-state index contributed by atoms with van der Waals surface area (Å²) in [5.41, 5.74) is 0. The molecule has 7 heteroatoms. The van der Waals surface area contributed by atoms with Crippen molar-refractivity contribution in [3.05, 3.63) is 24.3 Å². The zero-order chi connectivity index (χ0) is 14.8. The highest BCUT2D eigenvalue weighted by Gasteiger charge is 2.27. The predicted octanol–water partition coefficient (Wildman–Crippen LogP) is 0.635. The molecule has 0 spiro atoms. The van der Waals surface area contributed by atoms with Crippen molar-refractivity contribution >= 4 is 15.9 Å². The molecular weight excluding hydrogens is 280 g/mol. The molecule has 0 aromatic heterocycles. The van der Waals surface area contributed by atoms with Gasteiger partial charge in [-0.1, -0.05) is 0 Å². The first-order chi connectivity index (χ1) is 9.41. The van der Waals surface area contributed by atoms with Crippen molar-refractivity contribution in [2.45, 2.75) is 18.2 Å². The summed E-state index contributed by atoms with van der Waals surface area (Å²) in [4.78, 5) is 13.2. The number of rotatable bonds is 2. The Kier molecular flexibility index (Phi) is 4.29. The summed E-state index contributed by atoms with van der Waals surface area (Å²) in [7, 11) is -3.57. The summed E-state index contributed by atoms with van der Waals surface area (Å²) in [6.07, 6.45) is 0.622. The van der Waals surface area contributed by atoms with E-state index in [2.05, 4.69) is 0 Å². The van der Waals surface area contributed by atoms with Gasteiger partial charge in [0.15, 0.2) is 0 Å². The first-order valence-electron chi connectivity index (χ1n) is 6.46. The summed E-state index contributed by atoms with van der Waals surface area (Å²) < 4.78 is 26.3. The van der Waals surface area contributed by atoms with Gasteiger partial charge in [-0.2, -0.15) is 4.31 Å². The number of phenolic OH excluding ortho intramolecular Hbond substituents is 1. The van der Waals surface area contributed by atoms with Gasteiger partial charge in [-0.25, -0.2) is 8.42 Å². The van der Waals surface area contributed by atoms with E-state index in [1.165, 1.54) is 35.5 Å². The Hall–Kier alpha value is -1.60. The minimum atomic E-state index is -3.57. The molecule has 1 fully saturated rings. The van der Waals surface area contributed by atoms with Gasteiger partial charge in [0.05, 0.1) is 4.90 Å². The second-order valence-electron chi connectivity index (χ2n) is 4.76. The molecule has 0 atom stereocenters. The zero-order valence-electron chi connectivity index (χ0n) is 11.3. The molecule has 6 nitrogen and oxygen atoms in total. The van der Waals surface area contributed by atoms with E-state index in [1.807, 2.05) is 0 Å². The first kappa shape index (κ1) is 14.8. The number of benzene rings is 1. The van der Waals surface area contributed by atoms with Gasteiger partial charge in [-0.15, -0.1) is 0 Å². The molecule has 1 heterocycles. The number of sulfonamides is 1. The number of phenols is 1. The molecule has 1 aliphatic rings. The van der Waals surface area contributed by atoms with Gasteiger partial charge in [0.2, 0.25) is 15.9 Å². The van der Waals surface area contributed by atoms with Crippen molar-refractivity contribution in [3.8, 4) is 5.75 Å². The number of hydrogen-bond acceptors (Lipinski definition) is 4. The summed E-state index contributed by atoms with van der Waals surface area (Å²) in [6, 6.07) is 5.48. The zero-order valence-corrected chi connectivity index (χ0v) is 12.1. The summed E-state index contributed by atoms with van der Waals surface area (Å²) in [5, 5.41) is 9.22. The third-order valence-electron chi connectivity index (χ3n) is 3.37. The van der Waals surface area contributed by atoms with E-state index in [9.17, 15) is 18.3 Å². The van der Waals surface area contributed by atoms with Crippen LogP contribution in [0.4, 0.5) is 0 Å². The van der Waals surface area contributed by atoms with Gasteiger partial charge in [-0.3, -0.25) is 4.79 Å². The Balaban J connectivity index is 2.18. The van der Waals surface area contributed by atoms with Gasteiger partial charge >= 0.3 is 0 Å². The fourth-order valence-electron chi connectivity index (χ4n) is 2.22. The lowest BCUT2D eigenvalue weighted by atomic mass is 10.3. The Morgan fingerprint density at radius 1 is 1.10 bits per heavy atom. The smallest absolute Gasteiger partial charge is 0.243 e. The van der Waals surface area contributed by atoms with E-state index in [0.29, 0.717) is 32.6 Å². The molecule has 1 aromatic carbocycles. The van der Waals surface area contributed by atoms with Crippen molar-refractivity contribution in [1.29, 1.82) is 0 Å². The van der Waals surface area contributed by atoms with Crippen LogP contribution in [-0.2, 0) is 14.8 Å². The van der Waals surface area contributed by atoms with Crippen molar-refractivity contribution in [2.75, 3.05) is 26.2 Å². The van der Waals surface area contributed by atoms with Crippen LogP contribution in [0, 0.1) is 0 Å². The molecule has 0 bridgehead atoms. The predicted molar refractivity (Wildman–Crippen MR) is 73.7 cm³/mol. The highest BCUT2D eigenvalue weighted by Crippen LogP contribution is 2.20. The van der Waals surface area contributed by atoms with Crippen LogP contribution in [-0.4, -0.2) is 54.8 Å². The lowest BCUT2D eigenvalue weighted by molar-refractivity contribution is -0.128. The summed E-state index contributed by atoms with van der Waals surface area (Å²) >= 11 is 0. The molecule has 1 aliphatic heterocycles. The molecule has 1 N–H and O–H groups in total. The quantitative estimate of drug-likeness (QED) is 0.869. The van der Waals surface area contributed by atoms with E-state index in [0.717, 1.165) is 0 Å². The van der Waals surface area contributed by atoms with Crippen LogP contribution in [0.2, 0.25) is 0 Å². The second-order valence-corrected chi connectivity index (χ2v) is 6.70. The first-order valence-corrected chi connectivity index (χ1v) is 7.90. The highest BCUT2D eigenvalue weighted by atomic mass is 32.2. The molecule has 1 aromatic rings. The fourth-order valence-corrected chi connectivity index (χ4v) is 3.69. The molecule has 0 unspecified atom stereocenters. The Labute approximate surface area is 118 Å². The minimum absolute atomic E-state index is 0.0302. The van der Waals surface area contributed by atoms with Crippen molar-refractivity contribution in [3.63, 3.8) is 0 Å². The topological polar surface area (TPSA) is 77.9 Å². The van der Waals surface area contributed by atoms with Gasteiger partial charge in [-0.05, 0) is 30.7 Å². The number of carbonyl (C=O) groups excluding carboxylic acids is 1. The largest absolute Gasteiger partial charge is 0.508 e. The van der Waals surface area contributed by atoms with Gasteiger partial charge < -0.3 is 10.0 Å². The standard InChI is InChI=1S/C13H18N2O4S/c1-11(16)14-7-2-8-15(10-9-14)20(18,19)13-5-3-12(17)4-6-13/h3-6,17H,2,7-10H2,1H3. The number of aromatic hydroxyl groups is 1. The number of carbonyl (C=O) groups is 1. The maximum atomic E-state index is 12.5. The Morgan fingerprint density at radius 3 is 2.35 bits per heavy atom. The highest BCUT2D eigenvalue weighted by molar-refractivity contribution is 7.89. The molecule has 0 radical (unpaired) electrons. The molecule has 110 valence electrons. The number of nitrogens with zero attached hydrogens (tertiary/aromatic N) is 2. The maximum Gasteiger partial charge on any atom is 0.243 e. The van der Waals surface area contributed by atoms with Crippen LogP contribution < -0.4 is 0 Å². The van der Waals surface area contributed by atoms with Crippen LogP contribution in [0.25, 0.3) is 0 Å². The Bertz CT molecular complexity index is 583. The summed E-state index contributed by atoms with van der Waals surface area (Å²) in [6.45, 7) is 3.17. The second kappa shape index (κ2) is 5.80. The SMILES string of the molecule is CC(=O)N1CCCN(S(=O)(=O)c2ccc(O)cc2)CC1. The normalized spacial score (nSPS) is 17.8. The Morgan fingerprint density at radius 2 is 1.75 bits per heavy atom. The molecule has 1 amide bonds. The lowest BCUT2D eigenvalue weighted by Gasteiger charge is -2.21.